The molecule has 3 amide bonds. The Kier molecular flexibility index (Phi) is 5.33. The van der Waals surface area contributed by atoms with Crippen LogP contribution in [-0.2, 0) is 12.7 Å². The van der Waals surface area contributed by atoms with Crippen molar-refractivity contribution in [2.75, 3.05) is 15.5 Å². The smallest absolute Gasteiger partial charge is 0.308 e. The van der Waals surface area contributed by atoms with E-state index in [1.807, 2.05) is 12.1 Å². The number of carbonyl (C=O) groups excluding carboxylic acids is 2. The summed E-state index contributed by atoms with van der Waals surface area (Å²) in [5.41, 5.74) is 1.69. The number of hydrogen-bond donors (Lipinski definition) is 2. The molecule has 0 fully saturated rings. The van der Waals surface area contributed by atoms with Crippen LogP contribution in [0.2, 0.25) is 0 Å². The monoisotopic (exact) mass is 443 g/mol. The van der Waals surface area contributed by atoms with E-state index in [1.54, 1.807) is 42.2 Å². The van der Waals surface area contributed by atoms with Crippen molar-refractivity contribution in [1.29, 1.82) is 0 Å². The fourth-order valence-corrected chi connectivity index (χ4v) is 3.60. The second kappa shape index (κ2) is 7.99. The number of alkyl halides is 3. The Morgan fingerprint density at radius 3 is 2.28 bits per heavy atom. The highest BCUT2D eigenvalue weighted by molar-refractivity contribution is 6.10. The Labute approximate surface area is 180 Å². The van der Waals surface area contributed by atoms with Gasteiger partial charge in [-0.15, -0.1) is 0 Å². The van der Waals surface area contributed by atoms with Gasteiger partial charge in [0.25, 0.3) is 5.91 Å². The minimum Gasteiger partial charge on any atom is -0.308 e. The summed E-state index contributed by atoms with van der Waals surface area (Å²) in [4.78, 5) is 26.5. The molecule has 1 aliphatic heterocycles. The molecule has 0 unspecified atom stereocenters. The lowest BCUT2D eigenvalue weighted by Crippen LogP contribution is -2.24. The molecule has 0 radical (unpaired) electrons. The molecule has 0 saturated heterocycles. The summed E-state index contributed by atoms with van der Waals surface area (Å²) in [6, 6.07) is 13.7. The summed E-state index contributed by atoms with van der Waals surface area (Å²) >= 11 is 0. The van der Waals surface area contributed by atoms with E-state index < -0.39 is 23.6 Å². The van der Waals surface area contributed by atoms with E-state index in [1.165, 1.54) is 0 Å². The Balaban J connectivity index is 1.47. The van der Waals surface area contributed by atoms with Gasteiger partial charge < -0.3 is 15.5 Å². The molecular weight excluding hydrogens is 426 g/mol. The van der Waals surface area contributed by atoms with E-state index in [9.17, 15) is 27.2 Å². The van der Waals surface area contributed by atoms with Gasteiger partial charge in [-0.25, -0.2) is 9.18 Å². The molecule has 0 atom stereocenters. The van der Waals surface area contributed by atoms with Crippen molar-refractivity contribution in [2.45, 2.75) is 19.6 Å². The number of benzene rings is 3. The van der Waals surface area contributed by atoms with E-state index in [-0.39, 0.29) is 11.6 Å². The van der Waals surface area contributed by atoms with Gasteiger partial charge in [-0.2, -0.15) is 13.2 Å². The number of carbonyl (C=O) groups is 2. The first kappa shape index (κ1) is 21.4. The zero-order chi connectivity index (χ0) is 23.0. The number of nitrogens with one attached hydrogen (secondary N) is 2. The molecule has 2 N–H and O–H groups in total. The van der Waals surface area contributed by atoms with E-state index >= 15 is 0 Å². The van der Waals surface area contributed by atoms with Crippen molar-refractivity contribution < 1.29 is 27.2 Å². The molecule has 164 valence electrons. The molecule has 1 aliphatic rings. The zero-order valence-corrected chi connectivity index (χ0v) is 16.8. The lowest BCUT2D eigenvalue weighted by Gasteiger charge is -2.19. The first-order valence-corrected chi connectivity index (χ1v) is 9.58. The average molecular weight is 443 g/mol. The van der Waals surface area contributed by atoms with Crippen molar-refractivity contribution in [3.8, 4) is 0 Å². The van der Waals surface area contributed by atoms with Gasteiger partial charge in [0.15, 0.2) is 0 Å². The van der Waals surface area contributed by atoms with Crippen LogP contribution in [0.4, 0.5) is 39.4 Å². The molecule has 1 heterocycles. The Hall–Kier alpha value is -3.88. The fourth-order valence-electron chi connectivity index (χ4n) is 3.60. The van der Waals surface area contributed by atoms with Crippen LogP contribution in [0.25, 0.3) is 0 Å². The van der Waals surface area contributed by atoms with Crippen LogP contribution in [-0.4, -0.2) is 11.9 Å². The second-order valence-corrected chi connectivity index (χ2v) is 7.32. The summed E-state index contributed by atoms with van der Waals surface area (Å²) < 4.78 is 51.9. The van der Waals surface area contributed by atoms with Crippen molar-refractivity contribution in [2.24, 2.45) is 0 Å². The standard InChI is InChI=1S/C23H17F4N3O2/c1-13-10-15(7-9-20(13)30-12-14-4-2-3-5-17(14)21(30)31)28-22(32)29-16-6-8-19(24)18(11-16)23(25,26)27/h2-11H,12H2,1H3,(H2,28,29,32). The summed E-state index contributed by atoms with van der Waals surface area (Å²) in [5.74, 6) is -1.53. The number of hydrogen-bond acceptors (Lipinski definition) is 2. The van der Waals surface area contributed by atoms with Crippen molar-refractivity contribution in [3.63, 3.8) is 0 Å². The van der Waals surface area contributed by atoms with E-state index in [2.05, 4.69) is 10.6 Å². The molecule has 9 heteroatoms. The molecule has 5 nitrogen and oxygen atoms in total. The molecule has 4 rings (SSSR count). The number of rotatable bonds is 3. The SMILES string of the molecule is Cc1cc(NC(=O)Nc2ccc(F)c(C(F)(F)F)c2)ccc1N1Cc2ccccc2C1=O. The molecule has 3 aromatic rings. The first-order chi connectivity index (χ1) is 15.1. The van der Waals surface area contributed by atoms with Gasteiger partial charge in [-0.05, 0) is 60.5 Å². The predicted octanol–water partition coefficient (Wildman–Crippen LogP) is 5.96. The molecule has 3 aromatic carbocycles. The zero-order valence-electron chi connectivity index (χ0n) is 16.8. The average Bonchev–Trinajstić information content (AvgIpc) is 3.05. The molecular formula is C23H17F4N3O2. The van der Waals surface area contributed by atoms with Gasteiger partial charge in [-0.1, -0.05) is 18.2 Å². The van der Waals surface area contributed by atoms with Gasteiger partial charge in [0, 0.05) is 22.6 Å². The largest absolute Gasteiger partial charge is 0.419 e. The predicted molar refractivity (Wildman–Crippen MR) is 112 cm³/mol. The lowest BCUT2D eigenvalue weighted by molar-refractivity contribution is -0.139. The van der Waals surface area contributed by atoms with Crippen LogP contribution in [0.15, 0.2) is 60.7 Å². The van der Waals surface area contributed by atoms with Crippen LogP contribution in [0.3, 0.4) is 0 Å². The van der Waals surface area contributed by atoms with Crippen molar-refractivity contribution in [3.05, 3.63) is 88.7 Å². The Bertz CT molecular complexity index is 1220. The maximum atomic E-state index is 13.4. The van der Waals surface area contributed by atoms with Gasteiger partial charge in [0.1, 0.15) is 5.82 Å². The fraction of sp³-hybridized carbons (Fsp3) is 0.130. The van der Waals surface area contributed by atoms with Crippen LogP contribution in [0.1, 0.15) is 27.0 Å². The number of halogens is 4. The highest BCUT2D eigenvalue weighted by Gasteiger charge is 2.34. The van der Waals surface area contributed by atoms with E-state index in [0.717, 1.165) is 17.2 Å². The first-order valence-electron chi connectivity index (χ1n) is 9.58. The van der Waals surface area contributed by atoms with E-state index in [4.69, 9.17) is 0 Å². The minimum atomic E-state index is -4.88. The third-order valence-electron chi connectivity index (χ3n) is 5.10. The summed E-state index contributed by atoms with van der Waals surface area (Å²) in [6.07, 6.45) is -4.88. The summed E-state index contributed by atoms with van der Waals surface area (Å²) in [6.45, 7) is 2.22. The van der Waals surface area contributed by atoms with Crippen molar-refractivity contribution in [1.82, 2.24) is 0 Å². The number of urea groups is 1. The maximum Gasteiger partial charge on any atom is 0.419 e. The Morgan fingerprint density at radius 2 is 1.62 bits per heavy atom. The highest BCUT2D eigenvalue weighted by atomic mass is 19.4. The third-order valence-corrected chi connectivity index (χ3v) is 5.10. The highest BCUT2D eigenvalue weighted by Crippen LogP contribution is 2.34. The minimum absolute atomic E-state index is 0.112. The molecule has 0 spiro atoms. The molecule has 32 heavy (non-hydrogen) atoms. The van der Waals surface area contributed by atoms with Gasteiger partial charge in [0.2, 0.25) is 0 Å². The van der Waals surface area contributed by atoms with Crippen LogP contribution in [0, 0.1) is 12.7 Å². The van der Waals surface area contributed by atoms with Crippen LogP contribution >= 0.6 is 0 Å². The quantitative estimate of drug-likeness (QED) is 0.491. The number of anilines is 3. The molecule has 0 saturated carbocycles. The van der Waals surface area contributed by atoms with Gasteiger partial charge in [-0.3, -0.25) is 4.79 Å². The van der Waals surface area contributed by atoms with Crippen molar-refractivity contribution >= 4 is 29.0 Å². The summed E-state index contributed by atoms with van der Waals surface area (Å²) in [7, 11) is 0. The van der Waals surface area contributed by atoms with Crippen LogP contribution in [0.5, 0.6) is 0 Å². The number of fused-ring (bicyclic) bond motifs is 1. The second-order valence-electron chi connectivity index (χ2n) is 7.32. The number of nitrogens with zero attached hydrogens (tertiary/aromatic N) is 1. The third kappa shape index (κ3) is 4.14. The molecule has 0 aliphatic carbocycles. The molecule has 0 aromatic heterocycles. The topological polar surface area (TPSA) is 61.4 Å². The normalized spacial score (nSPS) is 13.2. The molecule has 0 bridgehead atoms. The maximum absolute atomic E-state index is 13.4. The van der Waals surface area contributed by atoms with Gasteiger partial charge in [0.05, 0.1) is 12.1 Å². The number of aryl methyl sites for hydroxylation is 1. The number of amides is 3. The summed E-state index contributed by atoms with van der Waals surface area (Å²) in [5, 5.41) is 4.78. The van der Waals surface area contributed by atoms with E-state index in [0.29, 0.717) is 35.6 Å². The van der Waals surface area contributed by atoms with Gasteiger partial charge >= 0.3 is 12.2 Å². The van der Waals surface area contributed by atoms with Crippen LogP contribution < -0.4 is 15.5 Å². The lowest BCUT2D eigenvalue weighted by atomic mass is 10.1. The Morgan fingerprint density at radius 1 is 0.969 bits per heavy atom.